The number of rotatable bonds is 4. The topological polar surface area (TPSA) is 93.8 Å². The molecule has 9 heteroatoms. The zero-order valence-corrected chi connectivity index (χ0v) is 17.4. The van der Waals surface area contributed by atoms with Crippen LogP contribution in [0.3, 0.4) is 0 Å². The molecule has 3 aromatic rings. The highest BCUT2D eigenvalue weighted by Crippen LogP contribution is 2.42. The van der Waals surface area contributed by atoms with Gasteiger partial charge < -0.3 is 25.5 Å². The molecule has 158 valence electrons. The van der Waals surface area contributed by atoms with Gasteiger partial charge in [-0.1, -0.05) is 17.7 Å². The van der Waals surface area contributed by atoms with E-state index < -0.39 is 5.82 Å². The monoisotopic (exact) mass is 430 g/mol. The molecule has 0 unspecified atom stereocenters. The SMILES string of the molecule is COc1cccc(-n2c(/C(=N/N)NN)c(N3CCCCC3)c3c(Cl)c(F)ccc32)c1. The molecule has 0 aliphatic carbocycles. The summed E-state index contributed by atoms with van der Waals surface area (Å²) < 4.78 is 21.9. The van der Waals surface area contributed by atoms with Gasteiger partial charge >= 0.3 is 0 Å². The number of fused-ring (bicyclic) bond motifs is 1. The highest BCUT2D eigenvalue weighted by atomic mass is 35.5. The number of nitrogens with one attached hydrogen (secondary N) is 1. The summed E-state index contributed by atoms with van der Waals surface area (Å²) in [5.74, 6) is 11.9. The van der Waals surface area contributed by atoms with Crippen molar-refractivity contribution in [2.45, 2.75) is 19.3 Å². The summed E-state index contributed by atoms with van der Waals surface area (Å²) in [5.41, 5.74) is 5.49. The third-order valence-electron chi connectivity index (χ3n) is 5.47. The van der Waals surface area contributed by atoms with Gasteiger partial charge in [-0.05, 0) is 43.5 Å². The van der Waals surface area contributed by atoms with Crippen molar-refractivity contribution in [1.29, 1.82) is 0 Å². The molecule has 2 heterocycles. The molecule has 1 aromatic heterocycles. The number of halogens is 2. The van der Waals surface area contributed by atoms with E-state index in [1.165, 1.54) is 6.07 Å². The van der Waals surface area contributed by atoms with Crippen molar-refractivity contribution in [2.75, 3.05) is 25.1 Å². The molecule has 0 saturated carbocycles. The molecule has 0 spiro atoms. The summed E-state index contributed by atoms with van der Waals surface area (Å²) in [7, 11) is 1.60. The quantitative estimate of drug-likeness (QED) is 0.255. The summed E-state index contributed by atoms with van der Waals surface area (Å²) in [5, 5.41) is 4.54. The van der Waals surface area contributed by atoms with E-state index in [0.29, 0.717) is 16.8 Å². The molecular formula is C21H24ClFN6O. The average molecular weight is 431 g/mol. The molecule has 30 heavy (non-hydrogen) atoms. The lowest BCUT2D eigenvalue weighted by Crippen LogP contribution is -2.37. The standard InChI is InChI=1S/C21H24ClFN6O/c1-30-14-7-5-6-13(12-14)29-16-9-8-15(23)18(22)17(16)19(20(29)21(26-24)27-25)28-10-3-2-4-11-28/h5-9,12H,2-4,10-11,24-25H2,1H3,(H,26,27). The first-order valence-corrected chi connectivity index (χ1v) is 10.1. The third-order valence-corrected chi connectivity index (χ3v) is 5.84. The van der Waals surface area contributed by atoms with Gasteiger partial charge in [-0.2, -0.15) is 5.10 Å². The summed E-state index contributed by atoms with van der Waals surface area (Å²) in [6, 6.07) is 10.6. The lowest BCUT2D eigenvalue weighted by atomic mass is 10.1. The van der Waals surface area contributed by atoms with Crippen LogP contribution in [0.1, 0.15) is 25.0 Å². The number of anilines is 1. The lowest BCUT2D eigenvalue weighted by molar-refractivity contribution is 0.414. The van der Waals surface area contributed by atoms with E-state index in [-0.39, 0.29) is 10.9 Å². The predicted molar refractivity (Wildman–Crippen MR) is 119 cm³/mol. The number of hydrogen-bond donors (Lipinski definition) is 3. The Bertz CT molecular complexity index is 1110. The smallest absolute Gasteiger partial charge is 0.186 e. The number of nitrogens with two attached hydrogens (primary N) is 2. The van der Waals surface area contributed by atoms with Gasteiger partial charge in [-0.25, -0.2) is 10.2 Å². The van der Waals surface area contributed by atoms with Crippen LogP contribution in [0.5, 0.6) is 5.75 Å². The Kier molecular flexibility index (Phi) is 5.69. The normalized spacial score (nSPS) is 14.9. The minimum absolute atomic E-state index is 0.0596. The van der Waals surface area contributed by atoms with Crippen LogP contribution < -0.4 is 26.7 Å². The number of ether oxygens (including phenoxy) is 1. The molecule has 0 atom stereocenters. The minimum Gasteiger partial charge on any atom is -0.497 e. The van der Waals surface area contributed by atoms with Crippen molar-refractivity contribution < 1.29 is 9.13 Å². The van der Waals surface area contributed by atoms with E-state index in [1.807, 2.05) is 28.8 Å². The highest BCUT2D eigenvalue weighted by molar-refractivity contribution is 6.37. The Morgan fingerprint density at radius 1 is 1.20 bits per heavy atom. The van der Waals surface area contributed by atoms with Crippen LogP contribution >= 0.6 is 11.6 Å². The number of hydrazine groups is 1. The molecule has 1 aliphatic rings. The molecule has 7 nitrogen and oxygen atoms in total. The van der Waals surface area contributed by atoms with Gasteiger partial charge in [0.25, 0.3) is 0 Å². The maximum absolute atomic E-state index is 14.5. The van der Waals surface area contributed by atoms with E-state index in [1.54, 1.807) is 13.2 Å². The predicted octanol–water partition coefficient (Wildman–Crippen LogP) is 3.51. The minimum atomic E-state index is -0.483. The average Bonchev–Trinajstić information content (AvgIpc) is 3.13. The number of aromatic nitrogens is 1. The molecule has 5 N–H and O–H groups in total. The Hall–Kier alpha value is -2.97. The fourth-order valence-electron chi connectivity index (χ4n) is 4.12. The largest absolute Gasteiger partial charge is 0.497 e. The van der Waals surface area contributed by atoms with Gasteiger partial charge in [0, 0.05) is 24.5 Å². The number of piperidine rings is 1. The van der Waals surface area contributed by atoms with E-state index in [9.17, 15) is 4.39 Å². The summed E-state index contributed by atoms with van der Waals surface area (Å²) in [6.07, 6.45) is 3.21. The van der Waals surface area contributed by atoms with E-state index >= 15 is 0 Å². The molecule has 0 radical (unpaired) electrons. The molecule has 0 amide bonds. The fourth-order valence-corrected chi connectivity index (χ4v) is 4.37. The number of nitrogens with zero attached hydrogens (tertiary/aromatic N) is 3. The van der Waals surface area contributed by atoms with Crippen LogP contribution in [0.25, 0.3) is 16.6 Å². The lowest BCUT2D eigenvalue weighted by Gasteiger charge is -2.30. The van der Waals surface area contributed by atoms with Crippen LogP contribution in [0, 0.1) is 5.82 Å². The van der Waals surface area contributed by atoms with Crippen molar-refractivity contribution in [2.24, 2.45) is 16.8 Å². The second-order valence-electron chi connectivity index (χ2n) is 7.16. The van der Waals surface area contributed by atoms with Crippen LogP contribution in [0.2, 0.25) is 5.02 Å². The van der Waals surface area contributed by atoms with E-state index in [4.69, 9.17) is 28.0 Å². The van der Waals surface area contributed by atoms with E-state index in [2.05, 4.69) is 15.4 Å². The van der Waals surface area contributed by atoms with Crippen LogP contribution in [-0.4, -0.2) is 30.6 Å². The maximum Gasteiger partial charge on any atom is 0.186 e. The van der Waals surface area contributed by atoms with Crippen molar-refractivity contribution in [3.05, 3.63) is 52.9 Å². The van der Waals surface area contributed by atoms with Crippen LogP contribution in [0.15, 0.2) is 41.5 Å². The summed E-state index contributed by atoms with van der Waals surface area (Å²) in [6.45, 7) is 1.64. The summed E-state index contributed by atoms with van der Waals surface area (Å²) in [4.78, 5) is 2.20. The molecule has 2 aromatic carbocycles. The van der Waals surface area contributed by atoms with Crippen LogP contribution in [-0.2, 0) is 0 Å². The van der Waals surface area contributed by atoms with Gasteiger partial charge in [0.1, 0.15) is 17.3 Å². The number of amidine groups is 1. The van der Waals surface area contributed by atoms with Crippen molar-refractivity contribution >= 4 is 34.0 Å². The zero-order chi connectivity index (χ0) is 21.3. The van der Waals surface area contributed by atoms with Crippen molar-refractivity contribution in [3.63, 3.8) is 0 Å². The highest BCUT2D eigenvalue weighted by Gasteiger charge is 2.29. The summed E-state index contributed by atoms with van der Waals surface area (Å²) >= 11 is 6.51. The second kappa shape index (κ2) is 8.41. The Morgan fingerprint density at radius 3 is 2.63 bits per heavy atom. The molecule has 0 bridgehead atoms. The van der Waals surface area contributed by atoms with Crippen molar-refractivity contribution in [1.82, 2.24) is 9.99 Å². The van der Waals surface area contributed by atoms with Gasteiger partial charge in [-0.15, -0.1) is 0 Å². The van der Waals surface area contributed by atoms with Gasteiger partial charge in [0.15, 0.2) is 5.84 Å². The maximum atomic E-state index is 14.5. The zero-order valence-electron chi connectivity index (χ0n) is 16.7. The Morgan fingerprint density at radius 2 is 1.97 bits per heavy atom. The Labute approximate surface area is 179 Å². The number of hydrazone groups is 1. The third kappa shape index (κ3) is 3.32. The number of hydrogen-bond acceptors (Lipinski definition) is 5. The van der Waals surface area contributed by atoms with Gasteiger partial charge in [-0.3, -0.25) is 0 Å². The van der Waals surface area contributed by atoms with E-state index in [0.717, 1.165) is 49.2 Å². The second-order valence-corrected chi connectivity index (χ2v) is 7.54. The number of benzene rings is 2. The molecular weight excluding hydrogens is 407 g/mol. The number of methoxy groups -OCH3 is 1. The molecule has 1 fully saturated rings. The van der Waals surface area contributed by atoms with Gasteiger partial charge in [0.05, 0.1) is 29.0 Å². The fraction of sp³-hybridized carbons (Fsp3) is 0.286. The first-order chi connectivity index (χ1) is 14.6. The molecule has 1 saturated heterocycles. The first kappa shape index (κ1) is 20.3. The Balaban J connectivity index is 2.14. The van der Waals surface area contributed by atoms with Crippen LogP contribution in [0.4, 0.5) is 10.1 Å². The van der Waals surface area contributed by atoms with Crippen molar-refractivity contribution in [3.8, 4) is 11.4 Å². The molecule has 4 rings (SSSR count). The first-order valence-electron chi connectivity index (χ1n) is 9.77. The molecule has 1 aliphatic heterocycles. The van der Waals surface area contributed by atoms with Gasteiger partial charge in [0.2, 0.25) is 0 Å².